The summed E-state index contributed by atoms with van der Waals surface area (Å²) in [6.07, 6.45) is 0. The number of hydrogen-bond donors (Lipinski definition) is 1. The molecule has 1 aliphatic heterocycles. The summed E-state index contributed by atoms with van der Waals surface area (Å²) in [5, 5.41) is 19.9. The molecule has 0 radical (unpaired) electrons. The van der Waals surface area contributed by atoms with Gasteiger partial charge < -0.3 is 9.84 Å². The van der Waals surface area contributed by atoms with Gasteiger partial charge in [0, 0.05) is 11.3 Å². The van der Waals surface area contributed by atoms with Crippen molar-refractivity contribution in [2.45, 2.75) is 29.7 Å². The fourth-order valence-corrected chi connectivity index (χ4v) is 6.73. The zero-order valence-corrected chi connectivity index (χ0v) is 25.4. The third-order valence-electron chi connectivity index (χ3n) is 7.12. The predicted molar refractivity (Wildman–Crippen MR) is 169 cm³/mol. The molecule has 5 aromatic rings. The van der Waals surface area contributed by atoms with Crippen molar-refractivity contribution in [2.24, 2.45) is 0 Å². The number of thioether (sulfide) groups is 1. The first-order valence-corrected chi connectivity index (χ1v) is 15.6. The van der Waals surface area contributed by atoms with Crippen LogP contribution in [-0.4, -0.2) is 27.0 Å². The minimum absolute atomic E-state index is 0.145. The lowest BCUT2D eigenvalue weighted by molar-refractivity contribution is -0.132. The van der Waals surface area contributed by atoms with E-state index in [1.54, 1.807) is 36.4 Å². The van der Waals surface area contributed by atoms with Crippen molar-refractivity contribution in [2.75, 3.05) is 4.90 Å². The smallest absolute Gasteiger partial charge is 0.301 e. The Kier molecular flexibility index (Phi) is 8.72. The van der Waals surface area contributed by atoms with Gasteiger partial charge in [-0.15, -0.1) is 10.2 Å². The van der Waals surface area contributed by atoms with Gasteiger partial charge in [-0.1, -0.05) is 77.2 Å². The Morgan fingerprint density at radius 2 is 1.60 bits per heavy atom. The van der Waals surface area contributed by atoms with Crippen LogP contribution in [0.1, 0.15) is 33.9 Å². The van der Waals surface area contributed by atoms with Crippen molar-refractivity contribution in [3.8, 4) is 5.75 Å². The van der Waals surface area contributed by atoms with E-state index in [0.29, 0.717) is 33.6 Å². The number of carbonyl (C=O) groups excluding carboxylic acids is 2. The van der Waals surface area contributed by atoms with Crippen LogP contribution in [0.15, 0.2) is 107 Å². The average molecular weight is 642 g/mol. The van der Waals surface area contributed by atoms with E-state index in [4.69, 9.17) is 4.74 Å². The fraction of sp³-hybridized carbons (Fsp3) is 0.118. The number of ketones is 1. The van der Waals surface area contributed by atoms with Gasteiger partial charge in [0.15, 0.2) is 4.34 Å². The first-order valence-electron chi connectivity index (χ1n) is 13.8. The largest absolute Gasteiger partial charge is 0.507 e. The summed E-state index contributed by atoms with van der Waals surface area (Å²) in [6, 6.07) is 24.9. The third kappa shape index (κ3) is 6.64. The molecule has 0 aliphatic carbocycles. The highest BCUT2D eigenvalue weighted by Crippen LogP contribution is 2.44. The highest BCUT2D eigenvalue weighted by molar-refractivity contribution is 8.00. The number of Topliss-reactive ketones (excluding diaryl/α,β-unsaturated/α-hetero) is 1. The number of benzene rings is 4. The molecular weight excluding hydrogens is 617 g/mol. The summed E-state index contributed by atoms with van der Waals surface area (Å²) in [5.74, 6) is -1.96. The van der Waals surface area contributed by atoms with Crippen LogP contribution in [0, 0.1) is 18.6 Å². The highest BCUT2D eigenvalue weighted by atomic mass is 32.2. The number of anilines is 1. The molecule has 1 amide bonds. The van der Waals surface area contributed by atoms with Crippen LogP contribution in [0.3, 0.4) is 0 Å². The lowest BCUT2D eigenvalue weighted by Gasteiger charge is -2.22. The number of aryl methyl sites for hydroxylation is 1. The van der Waals surface area contributed by atoms with Crippen LogP contribution in [0.5, 0.6) is 5.75 Å². The molecule has 7 nitrogen and oxygen atoms in total. The van der Waals surface area contributed by atoms with Gasteiger partial charge in [-0.3, -0.25) is 14.5 Å². The number of rotatable bonds is 9. The van der Waals surface area contributed by atoms with Gasteiger partial charge in [-0.25, -0.2) is 8.78 Å². The Hall–Kier alpha value is -4.87. The van der Waals surface area contributed by atoms with Crippen molar-refractivity contribution in [1.82, 2.24) is 10.2 Å². The topological polar surface area (TPSA) is 92.6 Å². The zero-order chi connectivity index (χ0) is 31.5. The Morgan fingerprint density at radius 1 is 0.911 bits per heavy atom. The molecule has 1 N–H and O–H groups in total. The van der Waals surface area contributed by atoms with E-state index < -0.39 is 23.5 Å². The second-order valence-corrected chi connectivity index (χ2v) is 12.5. The monoisotopic (exact) mass is 641 g/mol. The van der Waals surface area contributed by atoms with Crippen LogP contribution >= 0.6 is 23.1 Å². The quantitative estimate of drug-likeness (QED) is 0.0582. The van der Waals surface area contributed by atoms with Gasteiger partial charge >= 0.3 is 5.91 Å². The summed E-state index contributed by atoms with van der Waals surface area (Å²) < 4.78 is 33.6. The molecule has 0 saturated carbocycles. The van der Waals surface area contributed by atoms with E-state index in [-0.39, 0.29) is 22.3 Å². The van der Waals surface area contributed by atoms with E-state index in [1.165, 1.54) is 53.1 Å². The van der Waals surface area contributed by atoms with Crippen LogP contribution in [0.4, 0.5) is 13.9 Å². The molecule has 1 atom stereocenters. The predicted octanol–water partition coefficient (Wildman–Crippen LogP) is 7.62. The van der Waals surface area contributed by atoms with E-state index >= 15 is 0 Å². The maximum absolute atomic E-state index is 13.9. The summed E-state index contributed by atoms with van der Waals surface area (Å²) in [5.41, 5.74) is 3.56. The number of amides is 1. The summed E-state index contributed by atoms with van der Waals surface area (Å²) >= 11 is 2.45. The molecule has 2 heterocycles. The molecule has 0 spiro atoms. The maximum atomic E-state index is 13.9. The third-order valence-corrected chi connectivity index (χ3v) is 9.25. The van der Waals surface area contributed by atoms with E-state index in [9.17, 15) is 23.5 Å². The number of ether oxygens (including phenoxy) is 1. The normalized spacial score (nSPS) is 15.9. The Morgan fingerprint density at radius 3 is 2.29 bits per heavy atom. The minimum atomic E-state index is -1.08. The number of aromatic nitrogens is 2. The van der Waals surface area contributed by atoms with Gasteiger partial charge in [0.2, 0.25) is 5.13 Å². The van der Waals surface area contributed by atoms with Gasteiger partial charge in [0.25, 0.3) is 5.78 Å². The van der Waals surface area contributed by atoms with E-state index in [1.807, 2.05) is 31.2 Å². The van der Waals surface area contributed by atoms with Crippen molar-refractivity contribution in [3.63, 3.8) is 0 Å². The first-order chi connectivity index (χ1) is 21.8. The standard InChI is InChI=1S/C34H25F2N3O4S2/c1-20-3-2-4-22(17-20)18-43-27-15-9-24(10-16-27)30(40)28-29(23-7-13-26(36)14-8-23)39(32(42)31(28)41)33-37-38-34(45-33)44-19-21-5-11-25(35)12-6-21/h2-17,29,40H,18-19H2,1H3/b30-28+. The van der Waals surface area contributed by atoms with Crippen molar-refractivity contribution in [3.05, 3.63) is 142 Å². The van der Waals surface area contributed by atoms with Crippen LogP contribution in [0.25, 0.3) is 5.76 Å². The molecule has 11 heteroatoms. The number of carbonyl (C=O) groups is 2. The average Bonchev–Trinajstić information content (AvgIpc) is 3.62. The molecule has 6 rings (SSSR count). The van der Waals surface area contributed by atoms with Crippen molar-refractivity contribution in [1.29, 1.82) is 0 Å². The number of aliphatic hydroxyl groups excluding tert-OH is 1. The van der Waals surface area contributed by atoms with Gasteiger partial charge in [-0.05, 0) is 72.1 Å². The van der Waals surface area contributed by atoms with E-state index in [0.717, 1.165) is 28.0 Å². The summed E-state index contributed by atoms with van der Waals surface area (Å²) in [7, 11) is 0. The molecule has 1 saturated heterocycles. The number of nitrogens with zero attached hydrogens (tertiary/aromatic N) is 3. The molecule has 226 valence electrons. The Bertz CT molecular complexity index is 1890. The molecule has 45 heavy (non-hydrogen) atoms. The van der Waals surface area contributed by atoms with Crippen molar-refractivity contribution >= 4 is 45.7 Å². The minimum Gasteiger partial charge on any atom is -0.507 e. The zero-order valence-electron chi connectivity index (χ0n) is 23.8. The molecule has 1 aliphatic rings. The SMILES string of the molecule is Cc1cccc(COc2ccc(/C(O)=C3\C(=O)C(=O)N(c4nnc(SCc5ccc(F)cc5)s4)C3c3ccc(F)cc3)cc2)c1. The molecule has 0 bridgehead atoms. The highest BCUT2D eigenvalue weighted by Gasteiger charge is 2.48. The lowest BCUT2D eigenvalue weighted by atomic mass is 9.95. The maximum Gasteiger partial charge on any atom is 0.301 e. The fourth-order valence-electron chi connectivity index (χ4n) is 4.91. The van der Waals surface area contributed by atoms with Gasteiger partial charge in [0.1, 0.15) is 29.8 Å². The second-order valence-electron chi connectivity index (χ2n) is 10.3. The Labute approximate surface area is 265 Å². The molecule has 1 unspecified atom stereocenters. The summed E-state index contributed by atoms with van der Waals surface area (Å²) in [4.78, 5) is 28.1. The van der Waals surface area contributed by atoms with Gasteiger partial charge in [0.05, 0.1) is 11.6 Å². The summed E-state index contributed by atoms with van der Waals surface area (Å²) in [6.45, 7) is 2.36. The molecular formula is C34H25F2N3O4S2. The molecule has 1 aromatic heterocycles. The van der Waals surface area contributed by atoms with Crippen LogP contribution in [0.2, 0.25) is 0 Å². The number of halogens is 2. The van der Waals surface area contributed by atoms with Crippen molar-refractivity contribution < 1.29 is 28.2 Å². The molecule has 4 aromatic carbocycles. The first kappa shape index (κ1) is 30.2. The van der Waals surface area contributed by atoms with E-state index in [2.05, 4.69) is 10.2 Å². The number of aliphatic hydroxyl groups is 1. The lowest BCUT2D eigenvalue weighted by Crippen LogP contribution is -2.29. The second kappa shape index (κ2) is 13.0. The Balaban J connectivity index is 1.29. The number of hydrogen-bond acceptors (Lipinski definition) is 8. The van der Waals surface area contributed by atoms with Gasteiger partial charge in [-0.2, -0.15) is 0 Å². The van der Waals surface area contributed by atoms with Crippen LogP contribution < -0.4 is 9.64 Å². The molecule has 1 fully saturated rings. The van der Waals surface area contributed by atoms with Crippen LogP contribution in [-0.2, 0) is 21.9 Å².